The van der Waals surface area contributed by atoms with Crippen LogP contribution in [0, 0.1) is 31.1 Å². The molecule has 1 aromatic carbocycles. The maximum absolute atomic E-state index is 13.0. The summed E-state index contributed by atoms with van der Waals surface area (Å²) in [6.07, 6.45) is 1.94. The number of hydrogen-bond donors (Lipinski definition) is 1. The monoisotopic (exact) mass is 404 g/mol. The number of benzene rings is 1. The fourth-order valence-electron chi connectivity index (χ4n) is 3.67. The second-order valence-corrected chi connectivity index (χ2v) is 9.99. The summed E-state index contributed by atoms with van der Waals surface area (Å²) in [4.78, 5) is 14.7. The highest BCUT2D eigenvalue weighted by molar-refractivity contribution is 7.89. The van der Waals surface area contributed by atoms with E-state index in [0.717, 1.165) is 24.0 Å². The summed E-state index contributed by atoms with van der Waals surface area (Å²) in [5.74, 6) is 0.0581. The third-order valence-corrected chi connectivity index (χ3v) is 7.73. The maximum Gasteiger partial charge on any atom is 0.243 e. The van der Waals surface area contributed by atoms with Crippen LogP contribution in [-0.4, -0.2) is 61.8 Å². The molecule has 1 heterocycles. The molecular weight excluding hydrogens is 376 g/mol. The van der Waals surface area contributed by atoms with Gasteiger partial charge in [-0.2, -0.15) is 9.57 Å². The number of piperazine rings is 1. The molecule has 1 aliphatic carbocycles. The highest BCUT2D eigenvalue weighted by Crippen LogP contribution is 2.39. The van der Waals surface area contributed by atoms with E-state index in [-0.39, 0.29) is 18.4 Å². The predicted octanol–water partition coefficient (Wildman–Crippen LogP) is 1.42. The van der Waals surface area contributed by atoms with Gasteiger partial charge in [0, 0.05) is 26.2 Å². The molecule has 0 spiro atoms. The number of rotatable bonds is 6. The minimum absolute atomic E-state index is 0.179. The summed E-state index contributed by atoms with van der Waals surface area (Å²) in [5, 5.41) is 12.2. The van der Waals surface area contributed by atoms with Crippen molar-refractivity contribution in [3.05, 3.63) is 29.3 Å². The topological polar surface area (TPSA) is 93.5 Å². The molecule has 7 nitrogen and oxygen atoms in total. The number of carbonyl (C=O) groups excluding carboxylic acids is 1. The number of amides is 1. The van der Waals surface area contributed by atoms with E-state index in [4.69, 9.17) is 0 Å². The Bertz CT molecular complexity index is 897. The van der Waals surface area contributed by atoms with Crippen LogP contribution in [0.25, 0.3) is 0 Å². The zero-order chi connectivity index (χ0) is 20.5. The minimum atomic E-state index is -3.54. The lowest BCUT2D eigenvalue weighted by Crippen LogP contribution is -2.54. The molecule has 0 unspecified atom stereocenters. The summed E-state index contributed by atoms with van der Waals surface area (Å²) in [6.45, 7) is 7.32. The van der Waals surface area contributed by atoms with Gasteiger partial charge in [-0.3, -0.25) is 9.69 Å². The van der Waals surface area contributed by atoms with Crippen molar-refractivity contribution in [2.75, 3.05) is 32.7 Å². The maximum atomic E-state index is 13.0. The van der Waals surface area contributed by atoms with Gasteiger partial charge in [0.1, 0.15) is 5.54 Å². The fourth-order valence-corrected chi connectivity index (χ4v) is 5.40. The number of nitrogens with zero attached hydrogens (tertiary/aromatic N) is 3. The molecule has 1 aromatic rings. The van der Waals surface area contributed by atoms with Crippen LogP contribution in [0.1, 0.15) is 30.9 Å². The summed E-state index contributed by atoms with van der Waals surface area (Å²) in [5.41, 5.74) is 0.851. The van der Waals surface area contributed by atoms with Gasteiger partial charge >= 0.3 is 0 Å². The van der Waals surface area contributed by atoms with Crippen molar-refractivity contribution >= 4 is 15.9 Å². The lowest BCUT2D eigenvalue weighted by molar-refractivity contribution is -0.123. The summed E-state index contributed by atoms with van der Waals surface area (Å²) in [6, 6.07) is 7.67. The highest BCUT2D eigenvalue weighted by Gasteiger charge is 2.43. The third kappa shape index (κ3) is 4.37. The van der Waals surface area contributed by atoms with E-state index in [9.17, 15) is 18.5 Å². The Morgan fingerprint density at radius 3 is 2.46 bits per heavy atom. The summed E-state index contributed by atoms with van der Waals surface area (Å²) < 4.78 is 27.5. The van der Waals surface area contributed by atoms with Gasteiger partial charge in [-0.15, -0.1) is 0 Å². The molecule has 28 heavy (non-hydrogen) atoms. The average Bonchev–Trinajstić information content (AvgIpc) is 3.49. The Balaban J connectivity index is 1.58. The largest absolute Gasteiger partial charge is 0.337 e. The smallest absolute Gasteiger partial charge is 0.243 e. The van der Waals surface area contributed by atoms with Gasteiger partial charge in [0.05, 0.1) is 17.5 Å². The Morgan fingerprint density at radius 2 is 1.89 bits per heavy atom. The van der Waals surface area contributed by atoms with Crippen LogP contribution in [0.4, 0.5) is 0 Å². The van der Waals surface area contributed by atoms with Crippen molar-refractivity contribution in [3.8, 4) is 6.07 Å². The number of aryl methyl sites for hydroxylation is 2. The van der Waals surface area contributed by atoms with Crippen LogP contribution in [0.5, 0.6) is 0 Å². The SMILES string of the molecule is Cc1ccc(C)c(S(=O)(=O)N2CCN(CC(=O)N[C@@](C)(C#N)C3CC3)CC2)c1. The van der Waals surface area contributed by atoms with Crippen LogP contribution < -0.4 is 5.32 Å². The Morgan fingerprint density at radius 1 is 1.25 bits per heavy atom. The molecule has 2 aliphatic rings. The van der Waals surface area contributed by atoms with E-state index >= 15 is 0 Å². The predicted molar refractivity (Wildman–Crippen MR) is 106 cm³/mol. The average molecular weight is 405 g/mol. The molecule has 0 radical (unpaired) electrons. The van der Waals surface area contributed by atoms with Gasteiger partial charge in [0.2, 0.25) is 15.9 Å². The molecule has 1 saturated heterocycles. The van der Waals surface area contributed by atoms with Crippen molar-refractivity contribution < 1.29 is 13.2 Å². The van der Waals surface area contributed by atoms with Crippen LogP contribution in [0.15, 0.2) is 23.1 Å². The molecule has 8 heteroatoms. The first-order chi connectivity index (χ1) is 13.2. The van der Waals surface area contributed by atoms with E-state index in [1.807, 2.05) is 24.0 Å². The molecule has 2 fully saturated rings. The van der Waals surface area contributed by atoms with Crippen LogP contribution in [0.3, 0.4) is 0 Å². The molecule has 152 valence electrons. The van der Waals surface area contributed by atoms with Gasteiger partial charge in [-0.25, -0.2) is 8.42 Å². The van der Waals surface area contributed by atoms with Gasteiger partial charge in [0.25, 0.3) is 0 Å². The molecular formula is C20H28N4O3S. The van der Waals surface area contributed by atoms with Crippen molar-refractivity contribution in [1.29, 1.82) is 5.26 Å². The van der Waals surface area contributed by atoms with E-state index < -0.39 is 15.6 Å². The zero-order valence-electron chi connectivity index (χ0n) is 16.7. The first kappa shape index (κ1) is 20.8. The van der Waals surface area contributed by atoms with E-state index in [0.29, 0.717) is 31.1 Å². The first-order valence-corrected chi connectivity index (χ1v) is 11.1. The van der Waals surface area contributed by atoms with Crippen molar-refractivity contribution in [2.45, 2.75) is 44.0 Å². The van der Waals surface area contributed by atoms with Crippen molar-refractivity contribution in [1.82, 2.24) is 14.5 Å². The van der Waals surface area contributed by atoms with E-state index in [1.165, 1.54) is 4.31 Å². The van der Waals surface area contributed by atoms with E-state index in [2.05, 4.69) is 11.4 Å². The molecule has 1 N–H and O–H groups in total. The molecule has 0 aromatic heterocycles. The highest BCUT2D eigenvalue weighted by atomic mass is 32.2. The standard InChI is InChI=1S/C20H28N4O3S/c1-15-4-5-16(2)18(12-15)28(26,27)24-10-8-23(9-11-24)13-19(25)22-20(3,14-21)17-6-7-17/h4-5,12,17H,6-11,13H2,1-3H3,(H,22,25)/t20-/m0/s1. The number of nitrogens with one attached hydrogen (secondary N) is 1. The molecule has 1 atom stereocenters. The Hall–Kier alpha value is -1.95. The number of sulfonamides is 1. The Kier molecular flexibility index (Phi) is 5.80. The fraction of sp³-hybridized carbons (Fsp3) is 0.600. The Labute approximate surface area is 167 Å². The lowest BCUT2D eigenvalue weighted by Gasteiger charge is -2.34. The molecule has 1 aliphatic heterocycles. The van der Waals surface area contributed by atoms with E-state index in [1.54, 1.807) is 19.9 Å². The third-order valence-electron chi connectivity index (χ3n) is 5.69. The minimum Gasteiger partial charge on any atom is -0.337 e. The van der Waals surface area contributed by atoms with Crippen LogP contribution in [0.2, 0.25) is 0 Å². The second-order valence-electron chi connectivity index (χ2n) is 8.09. The van der Waals surface area contributed by atoms with Gasteiger partial charge < -0.3 is 5.32 Å². The number of nitriles is 1. The van der Waals surface area contributed by atoms with Gasteiger partial charge in [0.15, 0.2) is 0 Å². The molecule has 3 rings (SSSR count). The van der Waals surface area contributed by atoms with Gasteiger partial charge in [-0.1, -0.05) is 12.1 Å². The van der Waals surface area contributed by atoms with Crippen LogP contribution >= 0.6 is 0 Å². The first-order valence-electron chi connectivity index (χ1n) is 9.68. The number of carbonyl (C=O) groups is 1. The number of hydrogen-bond acceptors (Lipinski definition) is 5. The quantitative estimate of drug-likeness (QED) is 0.774. The van der Waals surface area contributed by atoms with Crippen LogP contribution in [-0.2, 0) is 14.8 Å². The summed E-state index contributed by atoms with van der Waals surface area (Å²) in [7, 11) is -3.54. The lowest BCUT2D eigenvalue weighted by atomic mass is 9.98. The zero-order valence-corrected chi connectivity index (χ0v) is 17.6. The molecule has 1 amide bonds. The molecule has 0 bridgehead atoms. The normalized spacial score (nSPS) is 20.9. The molecule has 1 saturated carbocycles. The van der Waals surface area contributed by atoms with Crippen molar-refractivity contribution in [2.24, 2.45) is 5.92 Å². The second kappa shape index (κ2) is 7.82. The summed E-state index contributed by atoms with van der Waals surface area (Å²) >= 11 is 0. The van der Waals surface area contributed by atoms with Gasteiger partial charge in [-0.05, 0) is 56.7 Å². The van der Waals surface area contributed by atoms with Crippen molar-refractivity contribution in [3.63, 3.8) is 0 Å².